The molecule has 25 nitrogen and oxygen atoms in total. The molecule has 0 aromatic heterocycles. The molecule has 8 atom stereocenters. The topological polar surface area (TPSA) is 421 Å². The van der Waals surface area contributed by atoms with Crippen molar-refractivity contribution in [1.82, 2.24) is 42.1 Å². The summed E-state index contributed by atoms with van der Waals surface area (Å²) < 4.78 is 0. The van der Waals surface area contributed by atoms with Gasteiger partial charge in [0, 0.05) is 32.4 Å². The van der Waals surface area contributed by atoms with Crippen LogP contribution in [0.1, 0.15) is 68.6 Å². The monoisotopic (exact) mass is 1110 g/mol. The third-order valence-corrected chi connectivity index (χ3v) is 13.4. The number of phenols is 1. The van der Waals surface area contributed by atoms with Gasteiger partial charge in [0.25, 0.3) is 0 Å². The Hall–Kier alpha value is -8.26. The molecular formula is C53H74N14O11S. The van der Waals surface area contributed by atoms with Crippen LogP contribution < -0.4 is 65.9 Å². The van der Waals surface area contributed by atoms with E-state index in [-0.39, 0.29) is 82.6 Å². The second kappa shape index (κ2) is 32.5. The van der Waals surface area contributed by atoms with Gasteiger partial charge in [-0.3, -0.25) is 52.9 Å². The molecule has 3 aromatic rings. The standard InChI is InChI=1S/C53H74N14O11S/c1-31(61-47(73)36(54)27-34-17-19-35(68)20-18-34)46(72)60-30-44(70)62-41(29-33-13-7-4-8-14-33)50(76)65-39(23-26-79-2)52(78)67-25-10-16-42(67)51(77)64-38(21-22-43(55)69)49(75)63-37(15-9-24-59-53(57)58)48(74)66-40(45(56)71)28-32-11-5-3-6-12-32/h3-8,11-14,17-20,31,36-42,68H,9-10,15-16,21-30,54H2,1-2H3,(H2,55,69)(H2,56,71)(H,60,72)(H,61,73)(H,62,70)(H,63,75)(H,64,77)(H,65,76)(H,66,74)(H4,57,58,59)/t31-,36+,37+,38+,39-,40+,41+,42+/m1/s1. The summed E-state index contributed by atoms with van der Waals surface area (Å²) in [4.78, 5) is 140. The Morgan fingerprint density at radius 2 is 1.20 bits per heavy atom. The van der Waals surface area contributed by atoms with Crippen molar-refractivity contribution in [3.05, 3.63) is 102 Å². The van der Waals surface area contributed by atoms with Crippen LogP contribution in [0.25, 0.3) is 0 Å². The lowest BCUT2D eigenvalue weighted by molar-refractivity contribution is -0.142. The molecule has 0 unspecified atom stereocenters. The lowest BCUT2D eigenvalue weighted by Gasteiger charge is -2.31. The number of nitrogens with zero attached hydrogens (tertiary/aromatic N) is 2. The Bertz CT molecular complexity index is 2590. The third-order valence-electron chi connectivity index (χ3n) is 12.7. The van der Waals surface area contributed by atoms with Crippen molar-refractivity contribution in [3.63, 3.8) is 0 Å². The Morgan fingerprint density at radius 1 is 0.646 bits per heavy atom. The molecule has 1 aliphatic rings. The van der Waals surface area contributed by atoms with E-state index in [4.69, 9.17) is 28.7 Å². The number of aliphatic imine (C=N–C) groups is 1. The van der Waals surface area contributed by atoms with E-state index in [9.17, 15) is 53.1 Å². The number of hydrogen-bond donors (Lipinski definition) is 13. The lowest BCUT2D eigenvalue weighted by Crippen LogP contribution is -2.60. The lowest BCUT2D eigenvalue weighted by atomic mass is 10.0. The highest BCUT2D eigenvalue weighted by Gasteiger charge is 2.40. The number of amides is 10. The molecule has 1 saturated heterocycles. The van der Waals surface area contributed by atoms with Gasteiger partial charge < -0.3 is 75.9 Å². The highest BCUT2D eigenvalue weighted by molar-refractivity contribution is 7.98. The van der Waals surface area contributed by atoms with Crippen molar-refractivity contribution >= 4 is 76.8 Å². The molecule has 4 rings (SSSR count). The minimum atomic E-state index is -1.45. The van der Waals surface area contributed by atoms with Crippen LogP contribution in [0.4, 0.5) is 0 Å². The first-order valence-corrected chi connectivity index (χ1v) is 27.2. The minimum Gasteiger partial charge on any atom is -0.508 e. The largest absolute Gasteiger partial charge is 0.508 e. The van der Waals surface area contributed by atoms with E-state index in [2.05, 4.69) is 42.2 Å². The smallest absolute Gasteiger partial charge is 0.245 e. The highest BCUT2D eigenvalue weighted by atomic mass is 32.2. The van der Waals surface area contributed by atoms with Crippen molar-refractivity contribution in [2.45, 2.75) is 119 Å². The normalized spacial score (nSPS) is 15.5. The number of carbonyl (C=O) groups is 10. The molecule has 18 N–H and O–H groups in total. The van der Waals surface area contributed by atoms with Crippen LogP contribution in [0.15, 0.2) is 89.9 Å². The van der Waals surface area contributed by atoms with Gasteiger partial charge in [-0.05, 0) is 92.7 Å². The van der Waals surface area contributed by atoms with Gasteiger partial charge in [0.2, 0.25) is 59.1 Å². The fraction of sp³-hybridized carbons (Fsp3) is 0.453. The van der Waals surface area contributed by atoms with Crippen LogP contribution in [-0.2, 0) is 67.2 Å². The Morgan fingerprint density at radius 3 is 1.78 bits per heavy atom. The van der Waals surface area contributed by atoms with Gasteiger partial charge in [-0.15, -0.1) is 0 Å². The summed E-state index contributed by atoms with van der Waals surface area (Å²) in [7, 11) is 0. The molecule has 3 aromatic carbocycles. The summed E-state index contributed by atoms with van der Waals surface area (Å²) in [6, 6.07) is 13.9. The molecule has 0 bridgehead atoms. The van der Waals surface area contributed by atoms with E-state index < -0.39 is 114 Å². The van der Waals surface area contributed by atoms with Gasteiger partial charge >= 0.3 is 0 Å². The average molecular weight is 1120 g/mol. The van der Waals surface area contributed by atoms with E-state index in [1.165, 1.54) is 35.7 Å². The number of nitrogens with one attached hydrogen (secondary N) is 7. The summed E-state index contributed by atoms with van der Waals surface area (Å²) in [6.07, 6.45) is 2.06. The molecule has 79 heavy (non-hydrogen) atoms. The van der Waals surface area contributed by atoms with Crippen LogP contribution in [0.3, 0.4) is 0 Å². The molecule has 1 heterocycles. The second-order valence-electron chi connectivity index (χ2n) is 19.0. The summed E-state index contributed by atoms with van der Waals surface area (Å²) >= 11 is 1.40. The molecular weight excluding hydrogens is 1040 g/mol. The molecule has 0 aliphatic carbocycles. The number of guanidine groups is 1. The average Bonchev–Trinajstić information content (AvgIpc) is 3.92. The predicted molar refractivity (Wildman–Crippen MR) is 296 cm³/mol. The van der Waals surface area contributed by atoms with Gasteiger partial charge in [0.05, 0.1) is 12.6 Å². The Kier molecular flexibility index (Phi) is 26.0. The van der Waals surface area contributed by atoms with E-state index in [0.29, 0.717) is 28.9 Å². The number of hydrogen-bond acceptors (Lipinski definition) is 14. The Balaban J connectivity index is 1.47. The van der Waals surface area contributed by atoms with Crippen molar-refractivity contribution < 1.29 is 53.1 Å². The van der Waals surface area contributed by atoms with Crippen molar-refractivity contribution in [1.29, 1.82) is 0 Å². The van der Waals surface area contributed by atoms with Crippen LogP contribution in [0.5, 0.6) is 5.75 Å². The van der Waals surface area contributed by atoms with Gasteiger partial charge in [-0.25, -0.2) is 0 Å². The third kappa shape index (κ3) is 22.0. The van der Waals surface area contributed by atoms with Crippen LogP contribution >= 0.6 is 11.8 Å². The number of carbonyl (C=O) groups excluding carboxylic acids is 10. The van der Waals surface area contributed by atoms with Gasteiger partial charge in [0.1, 0.15) is 48.0 Å². The number of benzene rings is 3. The van der Waals surface area contributed by atoms with E-state index >= 15 is 0 Å². The maximum absolute atomic E-state index is 14.5. The molecule has 0 saturated carbocycles. The highest BCUT2D eigenvalue weighted by Crippen LogP contribution is 2.21. The van der Waals surface area contributed by atoms with Gasteiger partial charge in [-0.1, -0.05) is 72.8 Å². The maximum atomic E-state index is 14.5. The van der Waals surface area contributed by atoms with Crippen LogP contribution in [0, 0.1) is 0 Å². The molecule has 0 spiro atoms. The number of nitrogens with two attached hydrogens (primary N) is 5. The van der Waals surface area contributed by atoms with E-state index in [1.54, 1.807) is 79.1 Å². The number of rotatable bonds is 32. The first kappa shape index (κ1) is 63.3. The number of phenolic OH excluding ortho intramolecular Hbond substituents is 1. The van der Waals surface area contributed by atoms with Crippen molar-refractivity contribution in [3.8, 4) is 5.75 Å². The SMILES string of the molecule is CSCC[C@@H](NC(=O)[C@H](Cc1ccccc1)NC(=O)CNC(=O)[C@@H](C)NC(=O)[C@@H](N)Cc1ccc(O)cc1)C(=O)N1CCC[C@H]1C(=O)N[C@@H](CCC(N)=O)C(=O)N[C@@H](CCCN=C(N)N)C(=O)N[C@@H](Cc1ccccc1)C(N)=O. The van der Waals surface area contributed by atoms with Gasteiger partial charge in [0.15, 0.2) is 5.96 Å². The fourth-order valence-electron chi connectivity index (χ4n) is 8.47. The molecule has 10 amide bonds. The fourth-order valence-corrected chi connectivity index (χ4v) is 8.94. The number of thioether (sulfide) groups is 1. The zero-order valence-electron chi connectivity index (χ0n) is 44.3. The quantitative estimate of drug-likeness (QED) is 0.0172. The summed E-state index contributed by atoms with van der Waals surface area (Å²) in [5, 5.41) is 27.8. The Labute approximate surface area is 462 Å². The van der Waals surface area contributed by atoms with Crippen molar-refractivity contribution in [2.24, 2.45) is 33.7 Å². The molecule has 0 radical (unpaired) electrons. The van der Waals surface area contributed by atoms with E-state index in [1.807, 2.05) is 0 Å². The predicted octanol–water partition coefficient (Wildman–Crippen LogP) is -2.66. The number of aromatic hydroxyl groups is 1. The first-order chi connectivity index (χ1) is 37.6. The number of likely N-dealkylation sites (tertiary alicyclic amines) is 1. The molecule has 26 heteroatoms. The van der Waals surface area contributed by atoms with Crippen LogP contribution in [-0.4, -0.2) is 155 Å². The van der Waals surface area contributed by atoms with Gasteiger partial charge in [-0.2, -0.15) is 11.8 Å². The number of primary amides is 2. The molecule has 1 aliphatic heterocycles. The zero-order chi connectivity index (χ0) is 58.0. The van der Waals surface area contributed by atoms with Crippen molar-refractivity contribution in [2.75, 3.05) is 31.6 Å². The molecule has 1 fully saturated rings. The van der Waals surface area contributed by atoms with E-state index in [0.717, 1.165) is 0 Å². The second-order valence-corrected chi connectivity index (χ2v) is 20.0. The first-order valence-electron chi connectivity index (χ1n) is 25.8. The molecule has 428 valence electrons. The summed E-state index contributed by atoms with van der Waals surface area (Å²) in [5.41, 5.74) is 30.2. The van der Waals surface area contributed by atoms with Crippen LogP contribution in [0.2, 0.25) is 0 Å². The summed E-state index contributed by atoms with van der Waals surface area (Å²) in [5.74, 6) is -7.28. The summed E-state index contributed by atoms with van der Waals surface area (Å²) in [6.45, 7) is 0.981. The maximum Gasteiger partial charge on any atom is 0.245 e. The zero-order valence-corrected chi connectivity index (χ0v) is 45.1. The minimum absolute atomic E-state index is 0.0249.